The van der Waals surface area contributed by atoms with Crippen LogP contribution in [0.2, 0.25) is 0 Å². The lowest BCUT2D eigenvalue weighted by atomic mass is 10.1. The maximum Gasteiger partial charge on any atom is 0.341 e. The number of nitriles is 1. The van der Waals surface area contributed by atoms with Crippen LogP contribution >= 0.6 is 0 Å². The molecule has 0 unspecified atom stereocenters. The standard InChI is InChI=1S/C21H21N3O6/c1-13-5-16(8-17(6-13)29-12-20(26)27)21(28)24-10-15-4-3-14(9-22)7-18(15)30-11-19(25)23-2/h3-8H,10-12H2,1-2H3,(H,23,25)(H,24,28)(H,26,27). The van der Waals surface area contributed by atoms with E-state index in [1.807, 2.05) is 6.07 Å². The van der Waals surface area contributed by atoms with E-state index in [2.05, 4.69) is 10.6 Å². The second-order valence-electron chi connectivity index (χ2n) is 6.30. The number of carbonyl (C=O) groups is 3. The minimum Gasteiger partial charge on any atom is -0.483 e. The Morgan fingerprint density at radius 3 is 2.53 bits per heavy atom. The Morgan fingerprint density at radius 2 is 1.87 bits per heavy atom. The van der Waals surface area contributed by atoms with Crippen molar-refractivity contribution in [2.24, 2.45) is 0 Å². The smallest absolute Gasteiger partial charge is 0.341 e. The summed E-state index contributed by atoms with van der Waals surface area (Å²) in [6, 6.07) is 11.4. The maximum atomic E-state index is 12.6. The molecule has 0 saturated carbocycles. The lowest BCUT2D eigenvalue weighted by Crippen LogP contribution is -2.26. The van der Waals surface area contributed by atoms with E-state index in [9.17, 15) is 14.4 Å². The second kappa shape index (κ2) is 10.5. The van der Waals surface area contributed by atoms with Crippen LogP contribution in [0.15, 0.2) is 36.4 Å². The van der Waals surface area contributed by atoms with Crippen LogP contribution in [-0.2, 0) is 16.1 Å². The van der Waals surface area contributed by atoms with Crippen molar-refractivity contribution in [2.75, 3.05) is 20.3 Å². The van der Waals surface area contributed by atoms with Gasteiger partial charge in [0.1, 0.15) is 11.5 Å². The average molecular weight is 411 g/mol. The van der Waals surface area contributed by atoms with Gasteiger partial charge in [0.05, 0.1) is 11.6 Å². The maximum absolute atomic E-state index is 12.6. The zero-order valence-electron chi connectivity index (χ0n) is 16.5. The first-order valence-corrected chi connectivity index (χ1v) is 8.93. The third-order valence-electron chi connectivity index (χ3n) is 3.95. The third-order valence-corrected chi connectivity index (χ3v) is 3.95. The Kier molecular flexibility index (Phi) is 7.76. The van der Waals surface area contributed by atoms with E-state index in [0.29, 0.717) is 22.4 Å². The molecule has 0 spiro atoms. The molecule has 2 aromatic carbocycles. The molecule has 0 aromatic heterocycles. The zero-order chi connectivity index (χ0) is 22.1. The highest BCUT2D eigenvalue weighted by molar-refractivity contribution is 5.94. The molecular weight excluding hydrogens is 390 g/mol. The van der Waals surface area contributed by atoms with Crippen LogP contribution in [0.3, 0.4) is 0 Å². The van der Waals surface area contributed by atoms with Crippen LogP contribution < -0.4 is 20.1 Å². The molecule has 0 atom stereocenters. The Hall–Kier alpha value is -4.06. The number of nitrogens with one attached hydrogen (secondary N) is 2. The van der Waals surface area contributed by atoms with Gasteiger partial charge in [-0.25, -0.2) is 4.79 Å². The van der Waals surface area contributed by atoms with Gasteiger partial charge in [-0.05, 0) is 42.8 Å². The molecule has 2 aromatic rings. The van der Waals surface area contributed by atoms with Gasteiger partial charge in [-0.2, -0.15) is 5.26 Å². The summed E-state index contributed by atoms with van der Waals surface area (Å²) in [5.41, 5.74) is 1.98. The van der Waals surface area contributed by atoms with Gasteiger partial charge in [-0.15, -0.1) is 0 Å². The Balaban J connectivity index is 2.12. The van der Waals surface area contributed by atoms with Gasteiger partial charge in [-0.1, -0.05) is 6.07 Å². The molecular formula is C21H21N3O6. The van der Waals surface area contributed by atoms with Crippen LogP contribution in [0.4, 0.5) is 0 Å². The lowest BCUT2D eigenvalue weighted by Gasteiger charge is -2.13. The predicted octanol–water partition coefficient (Wildman–Crippen LogP) is 1.38. The highest BCUT2D eigenvalue weighted by Gasteiger charge is 2.12. The van der Waals surface area contributed by atoms with Gasteiger partial charge in [0, 0.05) is 24.7 Å². The Bertz CT molecular complexity index is 997. The number of hydrogen-bond acceptors (Lipinski definition) is 6. The summed E-state index contributed by atoms with van der Waals surface area (Å²) in [5, 5.41) is 23.0. The number of carbonyl (C=O) groups excluding carboxylic acids is 2. The van der Waals surface area contributed by atoms with Gasteiger partial charge in [0.2, 0.25) is 0 Å². The van der Waals surface area contributed by atoms with Crippen molar-refractivity contribution < 1.29 is 29.0 Å². The first kappa shape index (κ1) is 22.2. The minimum absolute atomic E-state index is 0.0902. The summed E-state index contributed by atoms with van der Waals surface area (Å²) in [7, 11) is 1.48. The van der Waals surface area contributed by atoms with Crippen LogP contribution in [0.1, 0.15) is 27.0 Å². The number of carboxylic acids is 1. The zero-order valence-corrected chi connectivity index (χ0v) is 16.5. The summed E-state index contributed by atoms with van der Waals surface area (Å²) in [4.78, 5) is 34.7. The molecule has 0 aliphatic rings. The molecule has 2 rings (SSSR count). The van der Waals surface area contributed by atoms with E-state index in [0.717, 1.165) is 5.56 Å². The van der Waals surface area contributed by atoms with E-state index in [4.69, 9.17) is 19.8 Å². The van der Waals surface area contributed by atoms with Crippen molar-refractivity contribution in [3.05, 3.63) is 58.7 Å². The van der Waals surface area contributed by atoms with Crippen molar-refractivity contribution in [3.63, 3.8) is 0 Å². The van der Waals surface area contributed by atoms with Gasteiger partial charge >= 0.3 is 5.97 Å². The molecule has 3 N–H and O–H groups in total. The van der Waals surface area contributed by atoms with Crippen molar-refractivity contribution in [3.8, 4) is 17.6 Å². The highest BCUT2D eigenvalue weighted by atomic mass is 16.5. The van der Waals surface area contributed by atoms with Crippen LogP contribution in [0.25, 0.3) is 0 Å². The summed E-state index contributed by atoms with van der Waals surface area (Å²) in [5.74, 6) is -1.27. The van der Waals surface area contributed by atoms with Gasteiger partial charge in [0.15, 0.2) is 13.2 Å². The topological polar surface area (TPSA) is 138 Å². The fourth-order valence-corrected chi connectivity index (χ4v) is 2.50. The lowest BCUT2D eigenvalue weighted by molar-refractivity contribution is -0.139. The molecule has 9 heteroatoms. The van der Waals surface area contributed by atoms with Gasteiger partial charge in [-0.3, -0.25) is 9.59 Å². The first-order valence-electron chi connectivity index (χ1n) is 8.93. The Morgan fingerprint density at radius 1 is 1.10 bits per heavy atom. The number of aryl methyl sites for hydroxylation is 1. The van der Waals surface area contributed by atoms with E-state index < -0.39 is 18.5 Å². The van der Waals surface area contributed by atoms with Crippen molar-refractivity contribution in [1.29, 1.82) is 5.26 Å². The monoisotopic (exact) mass is 411 g/mol. The van der Waals surface area contributed by atoms with Crippen molar-refractivity contribution in [1.82, 2.24) is 10.6 Å². The molecule has 0 fully saturated rings. The minimum atomic E-state index is -1.12. The van der Waals surface area contributed by atoms with Crippen LogP contribution in [-0.4, -0.2) is 43.2 Å². The average Bonchev–Trinajstić information content (AvgIpc) is 2.74. The fourth-order valence-electron chi connectivity index (χ4n) is 2.50. The predicted molar refractivity (Wildman–Crippen MR) is 106 cm³/mol. The number of ether oxygens (including phenoxy) is 2. The fraction of sp³-hybridized carbons (Fsp3) is 0.238. The molecule has 0 heterocycles. The molecule has 2 amide bonds. The van der Waals surface area contributed by atoms with Gasteiger partial charge < -0.3 is 25.2 Å². The molecule has 0 aliphatic carbocycles. The van der Waals surface area contributed by atoms with Crippen molar-refractivity contribution in [2.45, 2.75) is 13.5 Å². The SMILES string of the molecule is CNC(=O)COc1cc(C#N)ccc1CNC(=O)c1cc(C)cc(OCC(=O)O)c1. The molecule has 30 heavy (non-hydrogen) atoms. The van der Waals surface area contributed by atoms with E-state index >= 15 is 0 Å². The summed E-state index contributed by atoms with van der Waals surface area (Å²) in [6.45, 7) is 1.11. The number of aliphatic carboxylic acids is 1. The quantitative estimate of drug-likeness (QED) is 0.567. The summed E-state index contributed by atoms with van der Waals surface area (Å²) >= 11 is 0. The largest absolute Gasteiger partial charge is 0.483 e. The number of likely N-dealkylation sites (N-methyl/N-ethyl adjacent to an activating group) is 1. The normalized spacial score (nSPS) is 9.90. The first-order chi connectivity index (χ1) is 14.3. The molecule has 0 saturated heterocycles. The van der Waals surface area contributed by atoms with E-state index in [-0.39, 0.29) is 24.8 Å². The van der Waals surface area contributed by atoms with Crippen molar-refractivity contribution >= 4 is 17.8 Å². The molecule has 0 bridgehead atoms. The molecule has 156 valence electrons. The third kappa shape index (κ3) is 6.53. The Labute approximate surface area is 173 Å². The number of benzene rings is 2. The number of carboxylic acid groups (broad SMARTS) is 1. The van der Waals surface area contributed by atoms with Crippen LogP contribution in [0, 0.1) is 18.3 Å². The van der Waals surface area contributed by atoms with E-state index in [1.165, 1.54) is 19.2 Å². The number of hydrogen-bond donors (Lipinski definition) is 3. The molecule has 0 aliphatic heterocycles. The van der Waals surface area contributed by atoms with E-state index in [1.54, 1.807) is 31.2 Å². The number of nitrogens with zero attached hydrogens (tertiary/aromatic N) is 1. The summed E-state index contributed by atoms with van der Waals surface area (Å²) < 4.78 is 10.6. The highest BCUT2D eigenvalue weighted by Crippen LogP contribution is 2.21. The molecule has 0 radical (unpaired) electrons. The number of rotatable bonds is 9. The summed E-state index contributed by atoms with van der Waals surface area (Å²) in [6.07, 6.45) is 0. The molecule has 9 nitrogen and oxygen atoms in total. The number of amides is 2. The second-order valence-corrected chi connectivity index (χ2v) is 6.30. The van der Waals surface area contributed by atoms with Crippen LogP contribution in [0.5, 0.6) is 11.5 Å². The van der Waals surface area contributed by atoms with Gasteiger partial charge in [0.25, 0.3) is 11.8 Å².